The Morgan fingerprint density at radius 2 is 1.94 bits per heavy atom. The van der Waals surface area contributed by atoms with Gasteiger partial charge in [0.05, 0.1) is 25.2 Å². The molecule has 6 heteroatoms. The predicted octanol–water partition coefficient (Wildman–Crippen LogP) is 4.27. The molecular weight excluding hydrogens is 406 g/mol. The Morgan fingerprint density at radius 3 is 2.47 bits per heavy atom. The van der Waals surface area contributed by atoms with Gasteiger partial charge in [-0.25, -0.2) is 0 Å². The first-order chi connectivity index (χ1) is 15.0. The number of epoxide rings is 2. The number of rotatable bonds is 11. The highest BCUT2D eigenvalue weighted by molar-refractivity contribution is 5.72. The molecule has 0 amide bonds. The molecule has 1 saturated carbocycles. The summed E-state index contributed by atoms with van der Waals surface area (Å²) in [5.74, 6) is 0.893. The number of hydrogen-bond acceptors (Lipinski definition) is 6. The van der Waals surface area contributed by atoms with E-state index >= 15 is 0 Å². The van der Waals surface area contributed by atoms with Crippen LogP contribution in [-0.4, -0.2) is 61.8 Å². The fourth-order valence-corrected chi connectivity index (χ4v) is 5.59. The number of nitrogens with one attached hydrogen (secondary N) is 1. The number of carbonyl (C=O) groups excluding carboxylic acids is 1. The lowest BCUT2D eigenvalue weighted by molar-refractivity contribution is -0.171. The van der Waals surface area contributed by atoms with Crippen LogP contribution in [0, 0.1) is 17.8 Å². The van der Waals surface area contributed by atoms with Crippen molar-refractivity contribution in [2.24, 2.45) is 17.8 Å². The minimum absolute atomic E-state index is 0.0550. The zero-order valence-electron chi connectivity index (χ0n) is 21.4. The van der Waals surface area contributed by atoms with Gasteiger partial charge in [-0.15, -0.1) is 0 Å². The number of carbonyl (C=O) groups is 1. The van der Waals surface area contributed by atoms with E-state index in [1.165, 1.54) is 5.57 Å². The van der Waals surface area contributed by atoms with Gasteiger partial charge in [0.1, 0.15) is 23.4 Å². The van der Waals surface area contributed by atoms with Crippen LogP contribution in [0.3, 0.4) is 0 Å². The first-order valence-corrected chi connectivity index (χ1v) is 12.4. The number of methoxy groups -OCH3 is 1. The molecular formula is C26H45NO5. The van der Waals surface area contributed by atoms with Gasteiger partial charge in [0, 0.05) is 13.2 Å². The van der Waals surface area contributed by atoms with Crippen LogP contribution < -0.4 is 5.32 Å². The number of ether oxygens (including phenoxy) is 4. The van der Waals surface area contributed by atoms with Gasteiger partial charge < -0.3 is 24.3 Å². The first kappa shape index (κ1) is 25.7. The van der Waals surface area contributed by atoms with Crippen molar-refractivity contribution in [2.45, 2.75) is 110 Å². The third kappa shape index (κ3) is 5.75. The van der Waals surface area contributed by atoms with E-state index in [0.717, 1.165) is 32.3 Å². The maximum absolute atomic E-state index is 12.8. The fraction of sp³-hybridized carbons (Fsp3) is 0.885. The zero-order chi connectivity index (χ0) is 23.7. The van der Waals surface area contributed by atoms with E-state index in [9.17, 15) is 4.79 Å². The number of hydrogen-bond donors (Lipinski definition) is 1. The molecule has 0 radical (unpaired) electrons. The summed E-state index contributed by atoms with van der Waals surface area (Å²) < 4.78 is 24.2. The Balaban J connectivity index is 1.63. The maximum Gasteiger partial charge on any atom is 0.320 e. The molecule has 0 aromatic heterocycles. The Bertz CT molecular complexity index is 682. The molecule has 2 saturated heterocycles. The largest absolute Gasteiger partial charge is 0.459 e. The highest BCUT2D eigenvalue weighted by Gasteiger charge is 2.72. The van der Waals surface area contributed by atoms with Crippen LogP contribution in [0.15, 0.2) is 11.6 Å². The second-order valence-electron chi connectivity index (χ2n) is 11.3. The summed E-state index contributed by atoms with van der Waals surface area (Å²) in [4.78, 5) is 12.8. The van der Waals surface area contributed by atoms with E-state index in [1.54, 1.807) is 7.11 Å². The lowest BCUT2D eigenvalue weighted by Crippen LogP contribution is -2.56. The molecule has 2 aliphatic heterocycles. The van der Waals surface area contributed by atoms with E-state index in [4.69, 9.17) is 18.9 Å². The highest BCUT2D eigenvalue weighted by atomic mass is 16.6. The van der Waals surface area contributed by atoms with Gasteiger partial charge >= 0.3 is 5.97 Å². The summed E-state index contributed by atoms with van der Waals surface area (Å²) in [6, 6.07) is 0.303. The second kappa shape index (κ2) is 10.1. The zero-order valence-corrected chi connectivity index (χ0v) is 21.4. The van der Waals surface area contributed by atoms with Gasteiger partial charge in [0.2, 0.25) is 0 Å². The van der Waals surface area contributed by atoms with Gasteiger partial charge in [-0.1, -0.05) is 39.3 Å². The third-order valence-corrected chi connectivity index (χ3v) is 7.56. The normalized spacial score (nSPS) is 36.9. The molecule has 3 aliphatic rings. The van der Waals surface area contributed by atoms with Crippen LogP contribution >= 0.6 is 0 Å². The van der Waals surface area contributed by atoms with Crippen molar-refractivity contribution in [2.75, 3.05) is 20.3 Å². The highest BCUT2D eigenvalue weighted by Crippen LogP contribution is 2.59. The molecule has 6 nitrogen and oxygen atoms in total. The second-order valence-corrected chi connectivity index (χ2v) is 11.3. The molecule has 1 aliphatic carbocycles. The smallest absolute Gasteiger partial charge is 0.320 e. The summed E-state index contributed by atoms with van der Waals surface area (Å²) in [6.07, 6.45) is 5.44. The molecule has 0 bridgehead atoms. The SMILES string of the molecule is CO[C@@H]1[C@H](OC(=O)CNC(CC(C)C)C(C)C)CC[C@]2(CO2)[C@H]1[C@@]1(C)OC1CC=C(C)C. The topological polar surface area (TPSA) is 72.6 Å². The minimum Gasteiger partial charge on any atom is -0.459 e. The van der Waals surface area contributed by atoms with Crippen molar-refractivity contribution in [1.82, 2.24) is 5.32 Å². The summed E-state index contributed by atoms with van der Waals surface area (Å²) in [6.45, 7) is 16.2. The monoisotopic (exact) mass is 451 g/mol. The van der Waals surface area contributed by atoms with Crippen molar-refractivity contribution in [1.29, 1.82) is 0 Å². The molecule has 1 N–H and O–H groups in total. The molecule has 7 atom stereocenters. The average Bonchev–Trinajstić information content (AvgIpc) is 3.62. The Morgan fingerprint density at radius 1 is 1.25 bits per heavy atom. The molecule has 1 spiro atoms. The van der Waals surface area contributed by atoms with Crippen LogP contribution in [0.5, 0.6) is 0 Å². The van der Waals surface area contributed by atoms with Crippen LogP contribution in [0.25, 0.3) is 0 Å². The van der Waals surface area contributed by atoms with E-state index in [-0.39, 0.29) is 47.9 Å². The van der Waals surface area contributed by atoms with E-state index in [1.807, 2.05) is 0 Å². The van der Waals surface area contributed by atoms with Crippen molar-refractivity contribution < 1.29 is 23.7 Å². The molecule has 2 heterocycles. The summed E-state index contributed by atoms with van der Waals surface area (Å²) >= 11 is 0. The Hall–Kier alpha value is -0.950. The van der Waals surface area contributed by atoms with Gasteiger partial charge in [0.15, 0.2) is 0 Å². The molecule has 32 heavy (non-hydrogen) atoms. The molecule has 0 aromatic rings. The van der Waals surface area contributed by atoms with Crippen LogP contribution in [0.4, 0.5) is 0 Å². The van der Waals surface area contributed by atoms with E-state index < -0.39 is 0 Å². The predicted molar refractivity (Wildman–Crippen MR) is 125 cm³/mol. The quantitative estimate of drug-likeness (QED) is 0.287. The van der Waals surface area contributed by atoms with Crippen LogP contribution in [-0.2, 0) is 23.7 Å². The average molecular weight is 452 g/mol. The molecule has 2 unspecified atom stereocenters. The van der Waals surface area contributed by atoms with Gasteiger partial charge in [-0.3, -0.25) is 4.79 Å². The minimum atomic E-state index is -0.313. The van der Waals surface area contributed by atoms with Crippen molar-refractivity contribution in [3.05, 3.63) is 11.6 Å². The summed E-state index contributed by atoms with van der Waals surface area (Å²) in [7, 11) is 1.71. The van der Waals surface area contributed by atoms with Crippen molar-refractivity contribution in [3.8, 4) is 0 Å². The lowest BCUT2D eigenvalue weighted by Gasteiger charge is -2.42. The maximum atomic E-state index is 12.8. The van der Waals surface area contributed by atoms with E-state index in [0.29, 0.717) is 17.9 Å². The van der Waals surface area contributed by atoms with Gasteiger partial charge in [-0.05, 0) is 58.3 Å². The van der Waals surface area contributed by atoms with Crippen LogP contribution in [0.1, 0.15) is 74.1 Å². The number of esters is 1. The third-order valence-electron chi connectivity index (χ3n) is 7.56. The van der Waals surface area contributed by atoms with Gasteiger partial charge in [-0.2, -0.15) is 0 Å². The van der Waals surface area contributed by atoms with Crippen LogP contribution in [0.2, 0.25) is 0 Å². The van der Waals surface area contributed by atoms with Crippen molar-refractivity contribution in [3.63, 3.8) is 0 Å². The van der Waals surface area contributed by atoms with Gasteiger partial charge in [0.25, 0.3) is 0 Å². The Kier molecular flexibility index (Phi) is 8.12. The summed E-state index contributed by atoms with van der Waals surface area (Å²) in [5, 5.41) is 3.42. The first-order valence-electron chi connectivity index (χ1n) is 12.4. The molecule has 0 aromatic carbocycles. The standard InChI is InChI=1S/C26H45NO5/c1-16(2)9-10-21-25(7,32-21)24-23(29-8)20(11-12-26(24)15-30-26)31-22(28)14-27-19(18(5)6)13-17(3)4/h9,17-21,23-24,27H,10-15H2,1-8H3/t19?,20-,21?,23-,24-,25+,26+/m1/s1. The van der Waals surface area contributed by atoms with E-state index in [2.05, 4.69) is 59.9 Å². The number of allylic oxidation sites excluding steroid dienone is 1. The fourth-order valence-electron chi connectivity index (χ4n) is 5.59. The Labute approximate surface area is 194 Å². The van der Waals surface area contributed by atoms with Crippen molar-refractivity contribution >= 4 is 5.97 Å². The molecule has 184 valence electrons. The molecule has 3 fully saturated rings. The molecule has 3 rings (SSSR count). The summed E-state index contributed by atoms with van der Waals surface area (Å²) in [5.41, 5.74) is 0.784. The lowest BCUT2D eigenvalue weighted by atomic mass is 9.68.